The summed E-state index contributed by atoms with van der Waals surface area (Å²) in [6.07, 6.45) is 0. The first-order valence-electron chi connectivity index (χ1n) is 6.45. The number of aromatic hydroxyl groups is 1. The third-order valence-electron chi connectivity index (χ3n) is 3.10. The van der Waals surface area contributed by atoms with E-state index in [1.807, 2.05) is 25.1 Å². The van der Waals surface area contributed by atoms with Crippen molar-refractivity contribution in [1.82, 2.24) is 0 Å². The van der Waals surface area contributed by atoms with Crippen LogP contribution in [0.25, 0.3) is 0 Å². The topological polar surface area (TPSA) is 58.6 Å². The van der Waals surface area contributed by atoms with Crippen molar-refractivity contribution in [1.29, 1.82) is 0 Å². The molecule has 0 saturated heterocycles. The summed E-state index contributed by atoms with van der Waals surface area (Å²) in [7, 11) is 1.43. The Morgan fingerprint density at radius 2 is 1.95 bits per heavy atom. The molecule has 1 amide bonds. The number of halogens is 1. The molecule has 1 atom stereocenters. The molecule has 21 heavy (non-hydrogen) atoms. The quantitative estimate of drug-likeness (QED) is 0.841. The largest absolute Gasteiger partial charge is 0.504 e. The van der Waals surface area contributed by atoms with Gasteiger partial charge in [0, 0.05) is 5.69 Å². The van der Waals surface area contributed by atoms with Gasteiger partial charge in [0.2, 0.25) is 0 Å². The van der Waals surface area contributed by atoms with Gasteiger partial charge in [-0.3, -0.25) is 4.79 Å². The Balaban J connectivity index is 2.31. The smallest absolute Gasteiger partial charge is 0.259 e. The fourth-order valence-corrected chi connectivity index (χ4v) is 2.21. The zero-order chi connectivity index (χ0) is 15.4. The number of phenolic OH excluding ortho intramolecular Hbond substituents is 1. The van der Waals surface area contributed by atoms with Crippen LogP contribution in [0.5, 0.6) is 11.5 Å². The third kappa shape index (κ3) is 3.28. The molecule has 0 bridgehead atoms. The highest BCUT2D eigenvalue weighted by atomic mass is 35.5. The minimum Gasteiger partial charge on any atom is -0.504 e. The Bertz CT molecular complexity index is 656. The van der Waals surface area contributed by atoms with Crippen LogP contribution in [0.4, 0.5) is 5.69 Å². The lowest BCUT2D eigenvalue weighted by Crippen LogP contribution is -2.13. The zero-order valence-corrected chi connectivity index (χ0v) is 12.5. The molecule has 2 N–H and O–H groups in total. The standard InChI is InChI=1S/C16H16ClNO3/c1-10(17)11-6-3-4-8-13(11)18-16(20)12-7-5-9-14(21-2)15(12)19/h3-10,19H,1-2H3,(H,18,20). The highest BCUT2D eigenvalue weighted by molar-refractivity contribution is 6.21. The van der Waals surface area contributed by atoms with Crippen LogP contribution in [0.2, 0.25) is 0 Å². The molecule has 0 aliphatic carbocycles. The number of nitrogens with one attached hydrogen (secondary N) is 1. The van der Waals surface area contributed by atoms with Gasteiger partial charge in [0.15, 0.2) is 11.5 Å². The van der Waals surface area contributed by atoms with Gasteiger partial charge in [0.1, 0.15) is 0 Å². The van der Waals surface area contributed by atoms with Crippen molar-refractivity contribution in [3.8, 4) is 11.5 Å². The number of alkyl halides is 1. The molecular weight excluding hydrogens is 290 g/mol. The van der Waals surface area contributed by atoms with Crippen LogP contribution in [0.3, 0.4) is 0 Å². The van der Waals surface area contributed by atoms with Crippen LogP contribution in [0.1, 0.15) is 28.2 Å². The van der Waals surface area contributed by atoms with Crippen LogP contribution < -0.4 is 10.1 Å². The summed E-state index contributed by atoms with van der Waals surface area (Å²) in [5.41, 5.74) is 1.58. The molecule has 0 heterocycles. The Morgan fingerprint density at radius 1 is 1.24 bits per heavy atom. The summed E-state index contributed by atoms with van der Waals surface area (Å²) in [6.45, 7) is 1.83. The Labute approximate surface area is 128 Å². The lowest BCUT2D eigenvalue weighted by Gasteiger charge is -2.13. The molecule has 0 aromatic heterocycles. The van der Waals surface area contributed by atoms with Crippen molar-refractivity contribution in [2.24, 2.45) is 0 Å². The van der Waals surface area contributed by atoms with Gasteiger partial charge >= 0.3 is 0 Å². The number of hydrogen-bond donors (Lipinski definition) is 2. The lowest BCUT2D eigenvalue weighted by molar-refractivity contribution is 0.102. The summed E-state index contributed by atoms with van der Waals surface area (Å²) in [6, 6.07) is 12.0. The van der Waals surface area contributed by atoms with Crippen molar-refractivity contribution < 1.29 is 14.6 Å². The minimum absolute atomic E-state index is 0.145. The average Bonchev–Trinajstić information content (AvgIpc) is 2.47. The van der Waals surface area contributed by atoms with E-state index in [0.717, 1.165) is 5.56 Å². The SMILES string of the molecule is COc1cccc(C(=O)Nc2ccccc2C(C)Cl)c1O. The van der Waals surface area contributed by atoms with Crippen LogP contribution >= 0.6 is 11.6 Å². The van der Waals surface area contributed by atoms with E-state index in [1.54, 1.807) is 18.2 Å². The average molecular weight is 306 g/mol. The first kappa shape index (κ1) is 15.2. The number of ether oxygens (including phenoxy) is 1. The van der Waals surface area contributed by atoms with Crippen molar-refractivity contribution in [2.75, 3.05) is 12.4 Å². The number of rotatable bonds is 4. The molecule has 0 aliphatic heterocycles. The maximum absolute atomic E-state index is 12.3. The molecule has 0 saturated carbocycles. The molecule has 0 fully saturated rings. The van der Waals surface area contributed by atoms with E-state index in [0.29, 0.717) is 5.69 Å². The number of para-hydroxylation sites is 2. The van der Waals surface area contributed by atoms with E-state index in [2.05, 4.69) is 5.32 Å². The van der Waals surface area contributed by atoms with Gasteiger partial charge in [-0.25, -0.2) is 0 Å². The minimum atomic E-state index is -0.420. The second-order valence-corrected chi connectivity index (χ2v) is 5.17. The third-order valence-corrected chi connectivity index (χ3v) is 3.34. The maximum atomic E-state index is 12.3. The van der Waals surface area contributed by atoms with Crippen LogP contribution in [-0.4, -0.2) is 18.1 Å². The lowest BCUT2D eigenvalue weighted by atomic mass is 10.1. The van der Waals surface area contributed by atoms with Gasteiger partial charge in [-0.15, -0.1) is 11.6 Å². The van der Waals surface area contributed by atoms with Gasteiger partial charge in [-0.05, 0) is 30.7 Å². The van der Waals surface area contributed by atoms with Crippen molar-refractivity contribution in [3.05, 3.63) is 53.6 Å². The molecule has 5 heteroatoms. The first-order chi connectivity index (χ1) is 10.0. The predicted molar refractivity (Wildman–Crippen MR) is 83.3 cm³/mol. The van der Waals surface area contributed by atoms with E-state index in [9.17, 15) is 9.90 Å². The number of phenols is 1. The van der Waals surface area contributed by atoms with Crippen molar-refractivity contribution in [3.63, 3.8) is 0 Å². The Morgan fingerprint density at radius 3 is 2.62 bits per heavy atom. The molecule has 0 radical (unpaired) electrons. The van der Waals surface area contributed by atoms with Gasteiger partial charge in [-0.2, -0.15) is 0 Å². The molecule has 110 valence electrons. The summed E-state index contributed by atoms with van der Waals surface area (Å²) >= 11 is 6.10. The second-order valence-electron chi connectivity index (χ2n) is 4.51. The van der Waals surface area contributed by atoms with Crippen LogP contribution in [-0.2, 0) is 0 Å². The van der Waals surface area contributed by atoms with E-state index < -0.39 is 5.91 Å². The van der Waals surface area contributed by atoms with Crippen LogP contribution in [0.15, 0.2) is 42.5 Å². The van der Waals surface area contributed by atoms with Crippen LogP contribution in [0, 0.1) is 0 Å². The molecule has 4 nitrogen and oxygen atoms in total. The zero-order valence-electron chi connectivity index (χ0n) is 11.8. The number of hydrogen-bond acceptors (Lipinski definition) is 3. The van der Waals surface area contributed by atoms with E-state index in [-0.39, 0.29) is 22.4 Å². The fraction of sp³-hybridized carbons (Fsp3) is 0.188. The summed E-state index contributed by atoms with van der Waals surface area (Å²) in [5.74, 6) is -0.355. The normalized spacial score (nSPS) is 11.8. The molecule has 2 rings (SSSR count). The maximum Gasteiger partial charge on any atom is 0.259 e. The number of carbonyl (C=O) groups excluding carboxylic acids is 1. The van der Waals surface area contributed by atoms with Gasteiger partial charge in [-0.1, -0.05) is 24.3 Å². The summed E-state index contributed by atoms with van der Waals surface area (Å²) < 4.78 is 5.00. The van der Waals surface area contributed by atoms with E-state index >= 15 is 0 Å². The molecule has 0 spiro atoms. The Kier molecular flexibility index (Phi) is 4.70. The van der Waals surface area contributed by atoms with E-state index in [4.69, 9.17) is 16.3 Å². The highest BCUT2D eigenvalue weighted by Gasteiger charge is 2.16. The van der Waals surface area contributed by atoms with Gasteiger partial charge < -0.3 is 15.2 Å². The highest BCUT2D eigenvalue weighted by Crippen LogP contribution is 2.31. The summed E-state index contributed by atoms with van der Waals surface area (Å²) in [4.78, 5) is 12.3. The number of methoxy groups -OCH3 is 1. The Hall–Kier alpha value is -2.20. The fourth-order valence-electron chi connectivity index (χ4n) is 2.02. The molecule has 0 aliphatic rings. The van der Waals surface area contributed by atoms with Crippen molar-refractivity contribution >= 4 is 23.2 Å². The monoisotopic (exact) mass is 305 g/mol. The second kappa shape index (κ2) is 6.50. The number of amides is 1. The number of benzene rings is 2. The van der Waals surface area contributed by atoms with Gasteiger partial charge in [0.25, 0.3) is 5.91 Å². The van der Waals surface area contributed by atoms with Crippen molar-refractivity contribution in [2.45, 2.75) is 12.3 Å². The molecule has 1 unspecified atom stereocenters. The van der Waals surface area contributed by atoms with E-state index in [1.165, 1.54) is 13.2 Å². The predicted octanol–water partition coefficient (Wildman–Crippen LogP) is 3.95. The molecular formula is C16H16ClNO3. The summed E-state index contributed by atoms with van der Waals surface area (Å²) in [5, 5.41) is 12.5. The molecule has 2 aromatic rings. The molecule has 2 aromatic carbocycles. The number of anilines is 1. The first-order valence-corrected chi connectivity index (χ1v) is 6.88. The van der Waals surface area contributed by atoms with Gasteiger partial charge in [0.05, 0.1) is 18.1 Å². The number of carbonyl (C=O) groups is 1.